The van der Waals surface area contributed by atoms with E-state index in [0.717, 1.165) is 31.2 Å². The minimum absolute atomic E-state index is 0.0571. The van der Waals surface area contributed by atoms with Gasteiger partial charge in [0, 0.05) is 18.4 Å². The maximum absolute atomic E-state index is 12.0. The van der Waals surface area contributed by atoms with E-state index in [9.17, 15) is 9.59 Å². The Morgan fingerprint density at radius 1 is 1.00 bits per heavy atom. The Morgan fingerprint density at radius 2 is 1.71 bits per heavy atom. The number of alkyl carbamates (subject to hydrolysis) is 1. The van der Waals surface area contributed by atoms with Crippen molar-refractivity contribution in [3.63, 3.8) is 0 Å². The number of amides is 2. The van der Waals surface area contributed by atoms with Crippen molar-refractivity contribution in [1.82, 2.24) is 20.6 Å². The van der Waals surface area contributed by atoms with Gasteiger partial charge in [-0.05, 0) is 37.3 Å². The summed E-state index contributed by atoms with van der Waals surface area (Å²) in [7, 11) is 0. The molecule has 0 aliphatic heterocycles. The lowest BCUT2D eigenvalue weighted by Crippen LogP contribution is -2.44. The molecule has 1 saturated carbocycles. The Hall–Kier alpha value is -3.16. The van der Waals surface area contributed by atoms with Crippen molar-refractivity contribution in [3.05, 3.63) is 54.4 Å². The summed E-state index contributed by atoms with van der Waals surface area (Å²) in [4.78, 5) is 31.8. The van der Waals surface area contributed by atoms with Crippen LogP contribution in [-0.2, 0) is 16.1 Å². The second-order valence-corrected chi connectivity index (χ2v) is 6.61. The highest BCUT2D eigenvalue weighted by Crippen LogP contribution is 2.21. The van der Waals surface area contributed by atoms with Crippen molar-refractivity contribution in [2.75, 3.05) is 6.54 Å². The SMILES string of the molecule is O=C(CNC(=O)OCc1ccccc1)NC1CCC(Oc2ncccn2)CC1. The molecule has 0 saturated heterocycles. The molecule has 1 heterocycles. The number of carbonyl (C=O) groups excluding carboxylic acids is 2. The number of carbonyl (C=O) groups is 2. The standard InChI is InChI=1S/C20H24N4O4/c25-18(13-23-20(26)27-14-15-5-2-1-3-6-15)24-16-7-9-17(10-8-16)28-19-21-11-4-12-22-19/h1-6,11-12,16-17H,7-10,13-14H2,(H,23,26)(H,24,25). The van der Waals surface area contributed by atoms with Gasteiger partial charge in [-0.1, -0.05) is 30.3 Å². The van der Waals surface area contributed by atoms with E-state index in [1.54, 1.807) is 18.5 Å². The van der Waals surface area contributed by atoms with E-state index in [0.29, 0.717) is 6.01 Å². The molecule has 8 heteroatoms. The van der Waals surface area contributed by atoms with Crippen LogP contribution in [-0.4, -0.2) is 40.7 Å². The molecule has 0 radical (unpaired) electrons. The van der Waals surface area contributed by atoms with Crippen LogP contribution in [0.5, 0.6) is 6.01 Å². The minimum atomic E-state index is -0.612. The lowest BCUT2D eigenvalue weighted by Gasteiger charge is -2.28. The van der Waals surface area contributed by atoms with Crippen molar-refractivity contribution in [2.24, 2.45) is 0 Å². The normalized spacial score (nSPS) is 18.7. The van der Waals surface area contributed by atoms with Crippen molar-refractivity contribution in [3.8, 4) is 6.01 Å². The van der Waals surface area contributed by atoms with E-state index in [4.69, 9.17) is 9.47 Å². The molecular formula is C20H24N4O4. The fourth-order valence-electron chi connectivity index (χ4n) is 3.03. The molecule has 148 valence electrons. The highest BCUT2D eigenvalue weighted by molar-refractivity contribution is 5.82. The first-order valence-electron chi connectivity index (χ1n) is 9.36. The maximum atomic E-state index is 12.0. The lowest BCUT2D eigenvalue weighted by molar-refractivity contribution is -0.121. The number of ether oxygens (including phenoxy) is 2. The third kappa shape index (κ3) is 6.53. The molecule has 0 atom stereocenters. The van der Waals surface area contributed by atoms with Crippen LogP contribution in [0.25, 0.3) is 0 Å². The van der Waals surface area contributed by atoms with Crippen molar-refractivity contribution >= 4 is 12.0 Å². The van der Waals surface area contributed by atoms with Gasteiger partial charge in [0.15, 0.2) is 0 Å². The second-order valence-electron chi connectivity index (χ2n) is 6.61. The number of rotatable bonds is 7. The van der Waals surface area contributed by atoms with Crippen LogP contribution in [0.2, 0.25) is 0 Å². The molecular weight excluding hydrogens is 360 g/mol. The Morgan fingerprint density at radius 3 is 2.43 bits per heavy atom. The Bertz CT molecular complexity index is 749. The maximum Gasteiger partial charge on any atom is 0.407 e. The number of hydrogen-bond acceptors (Lipinski definition) is 6. The zero-order chi connectivity index (χ0) is 19.6. The Labute approximate surface area is 163 Å². The zero-order valence-electron chi connectivity index (χ0n) is 15.5. The van der Waals surface area contributed by atoms with Gasteiger partial charge in [-0.2, -0.15) is 0 Å². The smallest absolute Gasteiger partial charge is 0.407 e. The highest BCUT2D eigenvalue weighted by Gasteiger charge is 2.24. The second kappa shape index (κ2) is 10.2. The van der Waals surface area contributed by atoms with E-state index < -0.39 is 6.09 Å². The van der Waals surface area contributed by atoms with E-state index in [1.807, 2.05) is 30.3 Å². The molecule has 2 aromatic rings. The third-order valence-corrected chi connectivity index (χ3v) is 4.46. The number of hydrogen-bond donors (Lipinski definition) is 2. The zero-order valence-corrected chi connectivity index (χ0v) is 15.5. The molecule has 1 aliphatic rings. The predicted molar refractivity (Wildman–Crippen MR) is 101 cm³/mol. The van der Waals surface area contributed by atoms with E-state index in [1.165, 1.54) is 0 Å². The summed E-state index contributed by atoms with van der Waals surface area (Å²) in [5.74, 6) is -0.229. The molecule has 2 N–H and O–H groups in total. The Kier molecular flexibility index (Phi) is 7.17. The molecule has 8 nitrogen and oxygen atoms in total. The first kappa shape index (κ1) is 19.6. The molecule has 1 aromatic heterocycles. The van der Waals surface area contributed by atoms with Gasteiger partial charge in [0.2, 0.25) is 5.91 Å². The molecule has 3 rings (SSSR count). The summed E-state index contributed by atoms with van der Waals surface area (Å²) in [5, 5.41) is 5.41. The fraction of sp³-hybridized carbons (Fsp3) is 0.400. The van der Waals surface area contributed by atoms with Crippen LogP contribution < -0.4 is 15.4 Å². The van der Waals surface area contributed by atoms with E-state index >= 15 is 0 Å². The minimum Gasteiger partial charge on any atom is -0.460 e. The Balaban J connectivity index is 1.29. The van der Waals surface area contributed by atoms with Crippen molar-refractivity contribution in [2.45, 2.75) is 44.4 Å². The fourth-order valence-corrected chi connectivity index (χ4v) is 3.03. The number of aromatic nitrogens is 2. The van der Waals surface area contributed by atoms with Crippen LogP contribution in [0.4, 0.5) is 4.79 Å². The molecule has 0 unspecified atom stereocenters. The van der Waals surface area contributed by atoms with Crippen LogP contribution in [0, 0.1) is 0 Å². The lowest BCUT2D eigenvalue weighted by atomic mass is 9.93. The molecule has 28 heavy (non-hydrogen) atoms. The molecule has 0 spiro atoms. The molecule has 2 amide bonds. The number of nitrogens with zero attached hydrogens (tertiary/aromatic N) is 2. The predicted octanol–water partition coefficient (Wildman–Crippen LogP) is 2.21. The molecule has 1 aromatic carbocycles. The summed E-state index contributed by atoms with van der Waals surface area (Å²) in [5.41, 5.74) is 0.891. The topological polar surface area (TPSA) is 102 Å². The first-order valence-corrected chi connectivity index (χ1v) is 9.36. The summed E-state index contributed by atoms with van der Waals surface area (Å²) >= 11 is 0. The van der Waals surface area contributed by atoms with Gasteiger partial charge >= 0.3 is 12.1 Å². The van der Waals surface area contributed by atoms with Gasteiger partial charge in [0.1, 0.15) is 19.3 Å². The van der Waals surface area contributed by atoms with Gasteiger partial charge in [0.05, 0.1) is 0 Å². The summed E-state index contributed by atoms with van der Waals surface area (Å²) < 4.78 is 10.8. The molecule has 1 aliphatic carbocycles. The van der Waals surface area contributed by atoms with E-state index in [2.05, 4.69) is 20.6 Å². The molecule has 0 bridgehead atoms. The van der Waals surface area contributed by atoms with Gasteiger partial charge < -0.3 is 20.1 Å². The average molecular weight is 384 g/mol. The van der Waals surface area contributed by atoms with Crippen LogP contribution in [0.1, 0.15) is 31.2 Å². The van der Waals surface area contributed by atoms with Gasteiger partial charge in [0.25, 0.3) is 0 Å². The van der Waals surface area contributed by atoms with E-state index in [-0.39, 0.29) is 31.2 Å². The highest BCUT2D eigenvalue weighted by atomic mass is 16.5. The summed E-state index contributed by atoms with van der Waals surface area (Å²) in [6.45, 7) is 0.0609. The van der Waals surface area contributed by atoms with Crippen molar-refractivity contribution in [1.29, 1.82) is 0 Å². The van der Waals surface area contributed by atoms with Crippen LogP contribution in [0.15, 0.2) is 48.8 Å². The largest absolute Gasteiger partial charge is 0.460 e. The number of nitrogens with one attached hydrogen (secondary N) is 2. The number of benzene rings is 1. The van der Waals surface area contributed by atoms with Gasteiger partial charge in [-0.15, -0.1) is 0 Å². The van der Waals surface area contributed by atoms with Gasteiger partial charge in [-0.25, -0.2) is 14.8 Å². The summed E-state index contributed by atoms with van der Waals surface area (Å²) in [6.07, 6.45) is 5.98. The van der Waals surface area contributed by atoms with Crippen LogP contribution in [0.3, 0.4) is 0 Å². The molecule has 1 fully saturated rings. The van der Waals surface area contributed by atoms with Crippen molar-refractivity contribution < 1.29 is 19.1 Å². The summed E-state index contributed by atoms with van der Waals surface area (Å²) in [6, 6.07) is 11.6. The average Bonchev–Trinajstić information content (AvgIpc) is 2.74. The van der Waals surface area contributed by atoms with Crippen LogP contribution >= 0.6 is 0 Å². The third-order valence-electron chi connectivity index (χ3n) is 4.46. The van der Waals surface area contributed by atoms with Gasteiger partial charge in [-0.3, -0.25) is 4.79 Å². The monoisotopic (exact) mass is 384 g/mol. The first-order chi connectivity index (χ1) is 13.7. The quantitative estimate of drug-likeness (QED) is 0.759.